The van der Waals surface area contributed by atoms with E-state index in [1.807, 2.05) is 0 Å². The Bertz CT molecular complexity index is 184. The standard InChI is InChI=1S/C13H26N2S/c16-12-4-3-7-14-8-10-15(11-9-14)13-5-1-2-6-13/h13,16H,1-12H2. The molecule has 3 heteroatoms. The lowest BCUT2D eigenvalue weighted by Crippen LogP contribution is -2.49. The van der Waals surface area contributed by atoms with Crippen LogP contribution in [0.15, 0.2) is 0 Å². The van der Waals surface area contributed by atoms with Gasteiger partial charge in [0.2, 0.25) is 0 Å². The minimum atomic E-state index is 0.930. The van der Waals surface area contributed by atoms with Crippen molar-refractivity contribution < 1.29 is 0 Å². The van der Waals surface area contributed by atoms with Crippen LogP contribution >= 0.6 is 12.6 Å². The van der Waals surface area contributed by atoms with Crippen molar-refractivity contribution in [3.8, 4) is 0 Å². The Morgan fingerprint density at radius 2 is 1.62 bits per heavy atom. The molecule has 0 amide bonds. The zero-order valence-electron chi connectivity index (χ0n) is 10.4. The molecule has 0 aromatic rings. The number of piperazine rings is 1. The van der Waals surface area contributed by atoms with Crippen molar-refractivity contribution in [1.82, 2.24) is 9.80 Å². The van der Waals surface area contributed by atoms with Crippen LogP contribution in [0.5, 0.6) is 0 Å². The van der Waals surface area contributed by atoms with Gasteiger partial charge in [-0.3, -0.25) is 4.90 Å². The lowest BCUT2D eigenvalue weighted by Gasteiger charge is -2.38. The highest BCUT2D eigenvalue weighted by atomic mass is 32.1. The molecule has 0 bridgehead atoms. The third-order valence-electron chi connectivity index (χ3n) is 4.13. The minimum Gasteiger partial charge on any atom is -0.301 e. The van der Waals surface area contributed by atoms with Gasteiger partial charge in [0.25, 0.3) is 0 Å². The van der Waals surface area contributed by atoms with Crippen molar-refractivity contribution in [2.24, 2.45) is 0 Å². The van der Waals surface area contributed by atoms with Crippen LogP contribution in [0, 0.1) is 0 Å². The molecule has 1 saturated heterocycles. The van der Waals surface area contributed by atoms with E-state index in [9.17, 15) is 0 Å². The van der Waals surface area contributed by atoms with Crippen molar-refractivity contribution in [1.29, 1.82) is 0 Å². The fourth-order valence-electron chi connectivity index (χ4n) is 3.07. The zero-order valence-corrected chi connectivity index (χ0v) is 11.3. The molecule has 1 heterocycles. The first-order chi connectivity index (χ1) is 7.90. The first-order valence-electron chi connectivity index (χ1n) is 6.97. The molecule has 1 saturated carbocycles. The molecule has 0 aromatic heterocycles. The van der Waals surface area contributed by atoms with E-state index in [-0.39, 0.29) is 0 Å². The molecule has 0 aromatic carbocycles. The fourth-order valence-corrected chi connectivity index (χ4v) is 3.29. The summed E-state index contributed by atoms with van der Waals surface area (Å²) in [7, 11) is 0. The molecule has 0 spiro atoms. The van der Waals surface area contributed by atoms with Gasteiger partial charge >= 0.3 is 0 Å². The first kappa shape index (κ1) is 12.7. The fraction of sp³-hybridized carbons (Fsp3) is 1.00. The van der Waals surface area contributed by atoms with Crippen LogP contribution < -0.4 is 0 Å². The second-order valence-electron chi connectivity index (χ2n) is 5.25. The van der Waals surface area contributed by atoms with Crippen LogP contribution in [-0.4, -0.2) is 54.3 Å². The summed E-state index contributed by atoms with van der Waals surface area (Å²) < 4.78 is 0. The van der Waals surface area contributed by atoms with Gasteiger partial charge in [0.05, 0.1) is 0 Å². The Morgan fingerprint density at radius 1 is 0.938 bits per heavy atom. The molecule has 0 radical (unpaired) electrons. The molecule has 1 aliphatic heterocycles. The number of unbranched alkanes of at least 4 members (excludes halogenated alkanes) is 1. The van der Waals surface area contributed by atoms with Crippen LogP contribution in [0.1, 0.15) is 38.5 Å². The van der Waals surface area contributed by atoms with Gasteiger partial charge in [0, 0.05) is 32.2 Å². The molecule has 2 nitrogen and oxygen atoms in total. The average molecular weight is 242 g/mol. The largest absolute Gasteiger partial charge is 0.301 e. The smallest absolute Gasteiger partial charge is 0.0113 e. The molecule has 94 valence electrons. The molecule has 2 aliphatic rings. The zero-order chi connectivity index (χ0) is 11.2. The quantitative estimate of drug-likeness (QED) is 0.583. The van der Waals surface area contributed by atoms with Crippen LogP contribution in [0.4, 0.5) is 0 Å². The summed E-state index contributed by atoms with van der Waals surface area (Å²) in [6.07, 6.45) is 8.44. The second kappa shape index (κ2) is 6.87. The van der Waals surface area contributed by atoms with E-state index in [0.717, 1.165) is 11.8 Å². The van der Waals surface area contributed by atoms with Crippen molar-refractivity contribution in [3.05, 3.63) is 0 Å². The van der Waals surface area contributed by atoms with E-state index in [4.69, 9.17) is 0 Å². The van der Waals surface area contributed by atoms with E-state index in [0.29, 0.717) is 0 Å². The highest BCUT2D eigenvalue weighted by Gasteiger charge is 2.25. The Balaban J connectivity index is 1.62. The summed E-state index contributed by atoms with van der Waals surface area (Å²) in [5.41, 5.74) is 0. The summed E-state index contributed by atoms with van der Waals surface area (Å²) in [4.78, 5) is 5.37. The third kappa shape index (κ3) is 3.64. The van der Waals surface area contributed by atoms with Crippen LogP contribution in [0.25, 0.3) is 0 Å². The predicted molar refractivity (Wildman–Crippen MR) is 73.4 cm³/mol. The normalized spacial score (nSPS) is 25.3. The molecule has 0 atom stereocenters. The monoisotopic (exact) mass is 242 g/mol. The molecule has 2 rings (SSSR count). The third-order valence-corrected chi connectivity index (χ3v) is 4.45. The highest BCUT2D eigenvalue weighted by Crippen LogP contribution is 2.24. The Kier molecular flexibility index (Phi) is 5.46. The minimum absolute atomic E-state index is 0.930. The van der Waals surface area contributed by atoms with Gasteiger partial charge in [-0.1, -0.05) is 12.8 Å². The molecule has 1 aliphatic carbocycles. The van der Waals surface area contributed by atoms with Crippen LogP contribution in [-0.2, 0) is 0 Å². The molecule has 16 heavy (non-hydrogen) atoms. The molecule has 0 N–H and O–H groups in total. The Morgan fingerprint density at radius 3 is 2.25 bits per heavy atom. The van der Waals surface area contributed by atoms with Gasteiger partial charge in [0.15, 0.2) is 0 Å². The van der Waals surface area contributed by atoms with Gasteiger partial charge in [-0.25, -0.2) is 0 Å². The van der Waals surface area contributed by atoms with E-state index in [2.05, 4.69) is 22.4 Å². The number of nitrogens with zero attached hydrogens (tertiary/aromatic N) is 2. The van der Waals surface area contributed by atoms with Crippen molar-refractivity contribution in [2.45, 2.75) is 44.6 Å². The maximum absolute atomic E-state index is 4.27. The molecular weight excluding hydrogens is 216 g/mol. The van der Waals surface area contributed by atoms with Gasteiger partial charge in [-0.2, -0.15) is 12.6 Å². The van der Waals surface area contributed by atoms with Gasteiger partial charge in [-0.15, -0.1) is 0 Å². The Hall–Kier alpha value is 0.270. The predicted octanol–water partition coefficient (Wildman–Crippen LogP) is 2.26. The second-order valence-corrected chi connectivity index (χ2v) is 5.69. The van der Waals surface area contributed by atoms with Crippen molar-refractivity contribution >= 4 is 12.6 Å². The van der Waals surface area contributed by atoms with Crippen LogP contribution in [0.2, 0.25) is 0 Å². The molecule has 2 fully saturated rings. The summed E-state index contributed by atoms with van der Waals surface area (Å²) >= 11 is 4.27. The van der Waals surface area contributed by atoms with E-state index >= 15 is 0 Å². The number of hydrogen-bond donors (Lipinski definition) is 1. The van der Waals surface area contributed by atoms with E-state index < -0.39 is 0 Å². The maximum Gasteiger partial charge on any atom is 0.0113 e. The van der Waals surface area contributed by atoms with Crippen molar-refractivity contribution in [2.75, 3.05) is 38.5 Å². The summed E-state index contributed by atoms with van der Waals surface area (Å²) in [6.45, 7) is 6.50. The van der Waals surface area contributed by atoms with Crippen molar-refractivity contribution in [3.63, 3.8) is 0 Å². The van der Waals surface area contributed by atoms with E-state index in [1.165, 1.54) is 71.2 Å². The Labute approximate surface area is 106 Å². The molecule has 0 unspecified atom stereocenters. The van der Waals surface area contributed by atoms with Crippen LogP contribution in [0.3, 0.4) is 0 Å². The van der Waals surface area contributed by atoms with Gasteiger partial charge in [0.1, 0.15) is 0 Å². The summed E-state index contributed by atoms with van der Waals surface area (Å²) in [5, 5.41) is 0. The molecular formula is C13H26N2S. The summed E-state index contributed by atoms with van der Waals surface area (Å²) in [5.74, 6) is 1.04. The van der Waals surface area contributed by atoms with Gasteiger partial charge in [-0.05, 0) is 38.0 Å². The first-order valence-corrected chi connectivity index (χ1v) is 7.60. The van der Waals surface area contributed by atoms with Gasteiger partial charge < -0.3 is 4.90 Å². The average Bonchev–Trinajstić information content (AvgIpc) is 2.84. The SMILES string of the molecule is SCCCCN1CCN(C2CCCC2)CC1. The van der Waals surface area contributed by atoms with E-state index in [1.54, 1.807) is 0 Å². The number of hydrogen-bond acceptors (Lipinski definition) is 3. The number of rotatable bonds is 5. The maximum atomic E-state index is 4.27. The topological polar surface area (TPSA) is 6.48 Å². The lowest BCUT2D eigenvalue weighted by atomic mass is 10.1. The number of thiol groups is 1. The summed E-state index contributed by atoms with van der Waals surface area (Å²) in [6, 6.07) is 0.930. The highest BCUT2D eigenvalue weighted by molar-refractivity contribution is 7.80. The lowest BCUT2D eigenvalue weighted by molar-refractivity contribution is 0.0971.